The monoisotopic (exact) mass is 436 g/mol. The molecule has 0 rings (SSSR count). The molecule has 0 bridgehead atoms. The first-order valence-corrected chi connectivity index (χ1v) is 12.7. The van der Waals surface area contributed by atoms with Gasteiger partial charge in [0.1, 0.15) is 0 Å². The van der Waals surface area contributed by atoms with Gasteiger partial charge in [0.2, 0.25) is 0 Å². The fourth-order valence-corrected chi connectivity index (χ4v) is 2.60. The van der Waals surface area contributed by atoms with Gasteiger partial charge in [0.25, 0.3) is 0 Å². The molecule has 6 heteroatoms. The Labute approximate surface area is 105 Å². The summed E-state index contributed by atoms with van der Waals surface area (Å²) in [6.45, 7) is 2.78. The van der Waals surface area contributed by atoms with Crippen LogP contribution in [0.4, 0.5) is 0 Å². The second-order valence-electron chi connectivity index (χ2n) is 2.65. The number of unbranched alkanes of at least 4 members (excludes halogenated alkanes) is 3. The zero-order chi connectivity index (χ0) is 9.69. The molecule has 0 heterocycles. The summed E-state index contributed by atoms with van der Waals surface area (Å²) in [5.41, 5.74) is 0. The number of halogens is 2. The third kappa shape index (κ3) is 12.2. The van der Waals surface area contributed by atoms with E-state index in [-0.39, 0.29) is 0 Å². The van der Waals surface area contributed by atoms with Crippen LogP contribution in [0.1, 0.15) is 32.6 Å². The van der Waals surface area contributed by atoms with Crippen LogP contribution in [0.5, 0.6) is 0 Å². The van der Waals surface area contributed by atoms with Crippen molar-refractivity contribution in [2.75, 3.05) is 6.61 Å². The molecule has 0 aromatic rings. The molecule has 0 unspecified atom stereocenters. The molecule has 0 saturated carbocycles. The van der Waals surface area contributed by atoms with Crippen LogP contribution in [0, 0.1) is 0 Å². The van der Waals surface area contributed by atoms with Crippen molar-refractivity contribution in [3.8, 4) is 0 Å². The molecular weight excluding hydrogens is 421 g/mol. The Hall–Kier alpha value is 2.16. The molecule has 0 fully saturated rings. The molecule has 0 saturated heterocycles. The molecule has 1 N–H and O–H groups in total. The van der Waals surface area contributed by atoms with Crippen LogP contribution in [0.15, 0.2) is 0 Å². The first kappa shape index (κ1) is 14.2. The molecule has 0 radical (unpaired) electrons. The van der Waals surface area contributed by atoms with Crippen LogP contribution < -0.4 is 0 Å². The molecule has 0 aliphatic heterocycles. The molecule has 0 atom stereocenters. The normalized spacial score (nSPS) is 15.6. The van der Waals surface area contributed by atoms with Crippen LogP contribution in [0.25, 0.3) is 0 Å². The summed E-state index contributed by atoms with van der Waals surface area (Å²) in [6, 6.07) is 0. The number of hydrogen-bond acceptors (Lipinski definition) is 3. The van der Waals surface area contributed by atoms with Gasteiger partial charge >= 0.3 is 107 Å². The summed E-state index contributed by atoms with van der Waals surface area (Å²) in [7, 11) is 0. The van der Waals surface area contributed by atoms with Gasteiger partial charge in [-0.1, -0.05) is 0 Å². The Morgan fingerprint density at radius 3 is 2.33 bits per heavy atom. The Balaban J connectivity index is 3.32. The van der Waals surface area contributed by atoms with Gasteiger partial charge in [-0.05, 0) is 0 Å². The van der Waals surface area contributed by atoms with E-state index in [1.165, 1.54) is 19.3 Å². The van der Waals surface area contributed by atoms with E-state index in [2.05, 4.69) is 19.2 Å². The fourth-order valence-electron chi connectivity index (χ4n) is 0.744. The van der Waals surface area contributed by atoms with Crippen LogP contribution >= 0.6 is 57.9 Å². The molecule has 0 aromatic heterocycles. The molecule has 0 aliphatic rings. The van der Waals surface area contributed by atoms with Crippen molar-refractivity contribution in [2.24, 2.45) is 0 Å². The summed E-state index contributed by atoms with van der Waals surface area (Å²) in [5, 5.41) is 0. The predicted molar refractivity (Wildman–Crippen MR) is 76.3 cm³/mol. The van der Waals surface area contributed by atoms with Crippen molar-refractivity contribution in [3.05, 3.63) is 0 Å². The first-order chi connectivity index (χ1) is 5.31. The van der Waals surface area contributed by atoms with E-state index in [0.29, 0.717) is 6.61 Å². The average Bonchev–Trinajstić information content (AvgIpc) is 1.83. The molecular formula is C6H15I2O2PS. The van der Waals surface area contributed by atoms with Crippen molar-refractivity contribution in [1.29, 1.82) is 0 Å². The minimum absolute atomic E-state index is 0.615. The molecule has 0 aromatic carbocycles. The van der Waals surface area contributed by atoms with Gasteiger partial charge in [0.05, 0.1) is 0 Å². The van der Waals surface area contributed by atoms with Gasteiger partial charge in [-0.3, -0.25) is 0 Å². The van der Waals surface area contributed by atoms with E-state index in [1.54, 1.807) is 0 Å². The van der Waals surface area contributed by atoms with Gasteiger partial charge in [0, 0.05) is 0 Å². The average molecular weight is 436 g/mol. The molecule has 0 aliphatic carbocycles. The van der Waals surface area contributed by atoms with Crippen molar-refractivity contribution in [2.45, 2.75) is 32.6 Å². The van der Waals surface area contributed by atoms with Crippen molar-refractivity contribution < 1.29 is 9.42 Å². The van der Waals surface area contributed by atoms with E-state index in [1.807, 2.05) is 44.1 Å². The summed E-state index contributed by atoms with van der Waals surface area (Å²) in [6.07, 6.45) is 4.64. The van der Waals surface area contributed by atoms with Crippen molar-refractivity contribution >= 4 is 57.9 Å². The third-order valence-electron chi connectivity index (χ3n) is 1.30. The Morgan fingerprint density at radius 2 is 1.92 bits per heavy atom. The van der Waals surface area contributed by atoms with Crippen LogP contribution in [-0.2, 0) is 4.52 Å². The standard InChI is InChI=1S/C6H15I2O2PS/c1-2-3-4-5-6-10-11(7,8,9)12/h9,12H,2-6H2,1H3. The zero-order valence-electron chi connectivity index (χ0n) is 7.04. The van der Waals surface area contributed by atoms with E-state index in [4.69, 9.17) is 4.52 Å². The second-order valence-corrected chi connectivity index (χ2v) is 27.5. The van der Waals surface area contributed by atoms with Crippen molar-refractivity contribution in [1.82, 2.24) is 0 Å². The third-order valence-corrected chi connectivity index (χ3v) is 3.93. The van der Waals surface area contributed by atoms with Gasteiger partial charge in [-0.2, -0.15) is 0 Å². The zero-order valence-corrected chi connectivity index (χ0v) is 13.1. The summed E-state index contributed by atoms with van der Waals surface area (Å²) < 4.78 is 2.25. The molecule has 76 valence electrons. The predicted octanol–water partition coefficient (Wildman–Crippen LogP) is 4.50. The second kappa shape index (κ2) is 5.90. The van der Waals surface area contributed by atoms with E-state index in [9.17, 15) is 4.89 Å². The summed E-state index contributed by atoms with van der Waals surface area (Å²) in [4.78, 5) is 9.59. The number of rotatable bonds is 6. The maximum absolute atomic E-state index is 9.59. The van der Waals surface area contributed by atoms with Gasteiger partial charge in [-0.15, -0.1) is 0 Å². The van der Waals surface area contributed by atoms with Gasteiger partial charge in [0.15, 0.2) is 0 Å². The molecule has 0 spiro atoms. The fraction of sp³-hybridized carbons (Fsp3) is 1.00. The van der Waals surface area contributed by atoms with Crippen LogP contribution in [0.3, 0.4) is 0 Å². The molecule has 12 heavy (non-hydrogen) atoms. The first-order valence-electron chi connectivity index (χ1n) is 3.92. The number of thiol groups is 1. The van der Waals surface area contributed by atoms with E-state index < -0.39 is 1.54 Å². The van der Waals surface area contributed by atoms with Gasteiger partial charge in [-0.25, -0.2) is 0 Å². The SMILES string of the molecule is CCCCCCOP(O)(S)(I)I. The maximum atomic E-state index is 9.59. The Kier molecular flexibility index (Phi) is 6.96. The number of hydrogen-bond donors (Lipinski definition) is 2. The Bertz CT molecular complexity index is 128. The van der Waals surface area contributed by atoms with E-state index >= 15 is 0 Å². The van der Waals surface area contributed by atoms with Crippen molar-refractivity contribution in [3.63, 3.8) is 0 Å². The molecule has 0 amide bonds. The van der Waals surface area contributed by atoms with E-state index in [0.717, 1.165) is 6.42 Å². The quantitative estimate of drug-likeness (QED) is 0.278. The van der Waals surface area contributed by atoms with Crippen LogP contribution in [0.2, 0.25) is 0 Å². The summed E-state index contributed by atoms with van der Waals surface area (Å²) in [5.74, 6) is 0. The summed E-state index contributed by atoms with van der Waals surface area (Å²) >= 11 is 7.85. The topological polar surface area (TPSA) is 29.5 Å². The van der Waals surface area contributed by atoms with Crippen LogP contribution in [-0.4, -0.2) is 11.5 Å². The van der Waals surface area contributed by atoms with Gasteiger partial charge < -0.3 is 0 Å². The minimum atomic E-state index is -3.04. The molecule has 2 nitrogen and oxygen atoms in total. The Morgan fingerprint density at radius 1 is 1.33 bits per heavy atom.